The van der Waals surface area contributed by atoms with Crippen LogP contribution in [-0.4, -0.2) is 5.91 Å². The topological polar surface area (TPSA) is 52.9 Å². The molecule has 1 aliphatic carbocycles. The van der Waals surface area contributed by atoms with Crippen molar-refractivity contribution in [1.29, 1.82) is 5.26 Å². The molecule has 0 radical (unpaired) electrons. The van der Waals surface area contributed by atoms with Crippen LogP contribution >= 0.6 is 0 Å². The fraction of sp³-hybridized carbons (Fsp3) is 0.500. The van der Waals surface area contributed by atoms with E-state index in [2.05, 4.69) is 50.4 Å². The molecule has 0 atom stereocenters. The zero-order valence-corrected chi connectivity index (χ0v) is 11.8. The summed E-state index contributed by atoms with van der Waals surface area (Å²) in [5.41, 5.74) is 2.35. The van der Waals surface area contributed by atoms with E-state index < -0.39 is 0 Å². The molecular formula is C16H20N2O. The smallest absolute Gasteiger partial charge is 0.234 e. The van der Waals surface area contributed by atoms with E-state index in [1.165, 1.54) is 5.56 Å². The zero-order chi connectivity index (χ0) is 14.1. The first kappa shape index (κ1) is 13.6. The maximum atomic E-state index is 11.6. The second-order valence-corrected chi connectivity index (χ2v) is 6.29. The molecule has 100 valence electrons. The first-order valence-electron chi connectivity index (χ1n) is 6.66. The Balaban J connectivity index is 2.14. The van der Waals surface area contributed by atoms with Crippen LogP contribution in [0.3, 0.4) is 0 Å². The quantitative estimate of drug-likeness (QED) is 0.903. The normalized spacial score (nSPS) is 16.5. The van der Waals surface area contributed by atoms with Crippen LogP contribution < -0.4 is 5.32 Å². The van der Waals surface area contributed by atoms with Gasteiger partial charge in [-0.25, -0.2) is 0 Å². The van der Waals surface area contributed by atoms with Crippen LogP contribution in [0.1, 0.15) is 51.2 Å². The number of amides is 1. The van der Waals surface area contributed by atoms with Gasteiger partial charge in [0.05, 0.1) is 11.6 Å². The van der Waals surface area contributed by atoms with Gasteiger partial charge in [-0.15, -0.1) is 0 Å². The van der Waals surface area contributed by atoms with Crippen molar-refractivity contribution < 1.29 is 4.79 Å². The standard InChI is InChI=1S/C16H20N2O/c1-15(2,3)12-4-6-13(7-5-12)16(9-10-16)18-14(19)8-11-17/h4-7H,8-10H2,1-3H3,(H,18,19). The van der Waals surface area contributed by atoms with Gasteiger partial charge in [0, 0.05) is 0 Å². The molecule has 2 rings (SSSR count). The summed E-state index contributed by atoms with van der Waals surface area (Å²) in [5.74, 6) is -0.181. The molecule has 0 bridgehead atoms. The first-order chi connectivity index (χ1) is 8.87. The summed E-state index contributed by atoms with van der Waals surface area (Å²) in [5, 5.41) is 11.5. The summed E-state index contributed by atoms with van der Waals surface area (Å²) in [6.07, 6.45) is 1.85. The minimum Gasteiger partial charge on any atom is -0.346 e. The maximum Gasteiger partial charge on any atom is 0.234 e. The second-order valence-electron chi connectivity index (χ2n) is 6.29. The number of carbonyl (C=O) groups excluding carboxylic acids is 1. The van der Waals surface area contributed by atoms with Crippen molar-refractivity contribution in [3.8, 4) is 6.07 Å². The molecule has 1 fully saturated rings. The van der Waals surface area contributed by atoms with E-state index in [0.717, 1.165) is 18.4 Å². The third-order valence-electron chi connectivity index (χ3n) is 3.67. The molecule has 1 aliphatic rings. The Hall–Kier alpha value is -1.82. The van der Waals surface area contributed by atoms with E-state index in [0.29, 0.717) is 0 Å². The molecule has 3 heteroatoms. The lowest BCUT2D eigenvalue weighted by atomic mass is 9.86. The van der Waals surface area contributed by atoms with Gasteiger partial charge in [-0.2, -0.15) is 5.26 Å². The Morgan fingerprint density at radius 2 is 1.89 bits per heavy atom. The van der Waals surface area contributed by atoms with E-state index in [1.807, 2.05) is 6.07 Å². The molecule has 0 unspecified atom stereocenters. The van der Waals surface area contributed by atoms with Gasteiger partial charge in [-0.05, 0) is 29.4 Å². The van der Waals surface area contributed by atoms with Crippen molar-refractivity contribution >= 4 is 5.91 Å². The minimum atomic E-state index is -0.218. The molecular weight excluding hydrogens is 236 g/mol. The summed E-state index contributed by atoms with van der Waals surface area (Å²) in [7, 11) is 0. The van der Waals surface area contributed by atoms with Gasteiger partial charge >= 0.3 is 0 Å². The lowest BCUT2D eigenvalue weighted by Crippen LogP contribution is -2.34. The largest absolute Gasteiger partial charge is 0.346 e. The summed E-state index contributed by atoms with van der Waals surface area (Å²) in [6, 6.07) is 10.3. The first-order valence-corrected chi connectivity index (χ1v) is 6.66. The van der Waals surface area contributed by atoms with E-state index in [9.17, 15) is 4.79 Å². The molecule has 0 saturated heterocycles. The lowest BCUT2D eigenvalue weighted by molar-refractivity contribution is -0.121. The van der Waals surface area contributed by atoms with Crippen molar-refractivity contribution in [2.75, 3.05) is 0 Å². The van der Waals surface area contributed by atoms with Crippen molar-refractivity contribution in [3.63, 3.8) is 0 Å². The van der Waals surface area contributed by atoms with E-state index in [1.54, 1.807) is 0 Å². The van der Waals surface area contributed by atoms with Crippen molar-refractivity contribution in [1.82, 2.24) is 5.32 Å². The Morgan fingerprint density at radius 3 is 2.32 bits per heavy atom. The molecule has 0 heterocycles. The summed E-state index contributed by atoms with van der Waals surface area (Å²) >= 11 is 0. The molecule has 1 aromatic rings. The Bertz CT molecular complexity index is 513. The molecule has 1 amide bonds. The molecule has 0 spiro atoms. The van der Waals surface area contributed by atoms with Crippen LogP contribution in [0.2, 0.25) is 0 Å². The molecule has 3 nitrogen and oxygen atoms in total. The zero-order valence-electron chi connectivity index (χ0n) is 11.8. The van der Waals surface area contributed by atoms with Crippen LogP contribution in [0.15, 0.2) is 24.3 Å². The van der Waals surface area contributed by atoms with Crippen LogP contribution in [0, 0.1) is 11.3 Å². The highest BCUT2D eigenvalue weighted by molar-refractivity contribution is 5.79. The fourth-order valence-electron chi connectivity index (χ4n) is 2.28. The highest BCUT2D eigenvalue weighted by Gasteiger charge is 2.45. The van der Waals surface area contributed by atoms with Gasteiger partial charge in [0.25, 0.3) is 0 Å². The number of carbonyl (C=O) groups is 1. The average molecular weight is 256 g/mol. The van der Waals surface area contributed by atoms with Gasteiger partial charge in [0.1, 0.15) is 6.42 Å². The Kier molecular flexibility index (Phi) is 3.36. The molecule has 0 aromatic heterocycles. The van der Waals surface area contributed by atoms with Gasteiger partial charge in [-0.1, -0.05) is 45.0 Å². The lowest BCUT2D eigenvalue weighted by Gasteiger charge is -2.22. The third kappa shape index (κ3) is 2.96. The van der Waals surface area contributed by atoms with E-state index in [-0.39, 0.29) is 23.3 Å². The minimum absolute atomic E-state index is 0.0676. The predicted molar refractivity (Wildman–Crippen MR) is 74.4 cm³/mol. The number of benzene rings is 1. The number of nitrogens with one attached hydrogen (secondary N) is 1. The number of nitrogens with zero attached hydrogens (tertiary/aromatic N) is 1. The Morgan fingerprint density at radius 1 is 1.32 bits per heavy atom. The summed E-state index contributed by atoms with van der Waals surface area (Å²) < 4.78 is 0. The van der Waals surface area contributed by atoms with Gasteiger partial charge in [0.15, 0.2) is 0 Å². The third-order valence-corrected chi connectivity index (χ3v) is 3.67. The Labute approximate surface area is 114 Å². The molecule has 19 heavy (non-hydrogen) atoms. The molecule has 1 aromatic carbocycles. The number of hydrogen-bond donors (Lipinski definition) is 1. The highest BCUT2D eigenvalue weighted by Crippen LogP contribution is 2.45. The fourth-order valence-corrected chi connectivity index (χ4v) is 2.28. The van der Waals surface area contributed by atoms with Crippen LogP contribution in [0.25, 0.3) is 0 Å². The average Bonchev–Trinajstić information content (AvgIpc) is 3.09. The van der Waals surface area contributed by atoms with Crippen molar-refractivity contribution in [3.05, 3.63) is 35.4 Å². The van der Waals surface area contributed by atoms with Crippen molar-refractivity contribution in [2.24, 2.45) is 0 Å². The van der Waals surface area contributed by atoms with Crippen LogP contribution in [0.4, 0.5) is 0 Å². The molecule has 1 N–H and O–H groups in total. The number of nitriles is 1. The summed E-state index contributed by atoms with van der Waals surface area (Å²) in [4.78, 5) is 11.6. The van der Waals surface area contributed by atoms with Crippen LogP contribution in [0.5, 0.6) is 0 Å². The summed E-state index contributed by atoms with van der Waals surface area (Å²) in [6.45, 7) is 6.55. The van der Waals surface area contributed by atoms with Gasteiger partial charge in [-0.3, -0.25) is 4.79 Å². The number of rotatable bonds is 3. The van der Waals surface area contributed by atoms with Gasteiger partial charge in [0.2, 0.25) is 5.91 Å². The second kappa shape index (κ2) is 4.70. The van der Waals surface area contributed by atoms with Crippen molar-refractivity contribution in [2.45, 2.75) is 51.0 Å². The molecule has 0 aliphatic heterocycles. The van der Waals surface area contributed by atoms with Crippen LogP contribution in [-0.2, 0) is 15.7 Å². The number of hydrogen-bond acceptors (Lipinski definition) is 2. The predicted octanol–water partition coefficient (Wildman–Crippen LogP) is 3.00. The van der Waals surface area contributed by atoms with E-state index >= 15 is 0 Å². The monoisotopic (exact) mass is 256 g/mol. The van der Waals surface area contributed by atoms with Gasteiger partial charge < -0.3 is 5.32 Å². The SMILES string of the molecule is CC(C)(C)c1ccc(C2(NC(=O)CC#N)CC2)cc1. The molecule has 1 saturated carbocycles. The van der Waals surface area contributed by atoms with E-state index in [4.69, 9.17) is 5.26 Å². The maximum absolute atomic E-state index is 11.6. The highest BCUT2D eigenvalue weighted by atomic mass is 16.1.